The summed E-state index contributed by atoms with van der Waals surface area (Å²) in [5.41, 5.74) is 0. The van der Waals surface area contributed by atoms with Gasteiger partial charge in [0.15, 0.2) is 0 Å². The maximum Gasteiger partial charge on any atom is 0.0502 e. The monoisotopic (exact) mass is 213 g/mol. The molecule has 1 aliphatic heterocycles. The van der Waals surface area contributed by atoms with Crippen LogP contribution in [0.1, 0.15) is 46.0 Å². The first kappa shape index (κ1) is 13.0. The van der Waals surface area contributed by atoms with Crippen molar-refractivity contribution in [2.75, 3.05) is 26.8 Å². The molecule has 2 heteroatoms. The Bertz CT molecular complexity index is 159. The van der Waals surface area contributed by atoms with E-state index < -0.39 is 0 Å². The zero-order valence-electron chi connectivity index (χ0n) is 10.7. The molecule has 1 heterocycles. The fourth-order valence-electron chi connectivity index (χ4n) is 2.78. The number of rotatable bonds is 6. The van der Waals surface area contributed by atoms with Crippen LogP contribution in [0.2, 0.25) is 0 Å². The summed E-state index contributed by atoms with van der Waals surface area (Å²) in [5.74, 6) is 0.773. The van der Waals surface area contributed by atoms with Crippen LogP contribution in [-0.4, -0.2) is 37.7 Å². The molecule has 0 bridgehead atoms. The van der Waals surface area contributed by atoms with Crippen molar-refractivity contribution in [1.29, 1.82) is 0 Å². The third kappa shape index (κ3) is 4.12. The summed E-state index contributed by atoms with van der Waals surface area (Å²) in [5, 5.41) is 0. The number of likely N-dealkylation sites (tertiary alicyclic amines) is 1. The van der Waals surface area contributed by atoms with Gasteiger partial charge in [-0.3, -0.25) is 0 Å². The van der Waals surface area contributed by atoms with E-state index >= 15 is 0 Å². The van der Waals surface area contributed by atoms with Gasteiger partial charge in [0.1, 0.15) is 0 Å². The molecule has 1 saturated heterocycles. The molecule has 15 heavy (non-hydrogen) atoms. The first-order chi connectivity index (χ1) is 7.31. The first-order valence-electron chi connectivity index (χ1n) is 6.54. The predicted octanol–water partition coefficient (Wildman–Crippen LogP) is 2.92. The topological polar surface area (TPSA) is 12.5 Å². The van der Waals surface area contributed by atoms with Gasteiger partial charge in [-0.2, -0.15) is 0 Å². The van der Waals surface area contributed by atoms with Gasteiger partial charge >= 0.3 is 0 Å². The summed E-state index contributed by atoms with van der Waals surface area (Å²) in [6.45, 7) is 8.11. The Labute approximate surface area is 95.0 Å². The molecule has 0 radical (unpaired) electrons. The Hall–Kier alpha value is -0.0800. The first-order valence-corrected chi connectivity index (χ1v) is 6.54. The lowest BCUT2D eigenvalue weighted by Crippen LogP contribution is -2.43. The van der Waals surface area contributed by atoms with Gasteiger partial charge in [0.05, 0.1) is 6.61 Å². The summed E-state index contributed by atoms with van der Waals surface area (Å²) in [6.07, 6.45) is 6.68. The second kappa shape index (κ2) is 7.24. The molecule has 1 aliphatic rings. The number of ether oxygens (including phenoxy) is 1. The lowest BCUT2D eigenvalue weighted by Gasteiger charge is -2.37. The van der Waals surface area contributed by atoms with Crippen molar-refractivity contribution >= 4 is 0 Å². The standard InChI is InChI=1S/C13H27NO/c1-4-7-13(5-2)14-9-6-8-12(10-14)11-15-3/h12-13H,4-11H2,1-3H3. The zero-order chi connectivity index (χ0) is 11.1. The highest BCUT2D eigenvalue weighted by Gasteiger charge is 2.24. The molecule has 2 unspecified atom stereocenters. The molecule has 0 spiro atoms. The third-order valence-electron chi connectivity index (χ3n) is 3.56. The lowest BCUT2D eigenvalue weighted by molar-refractivity contribution is 0.0642. The highest BCUT2D eigenvalue weighted by atomic mass is 16.5. The zero-order valence-corrected chi connectivity index (χ0v) is 10.7. The van der Waals surface area contributed by atoms with Gasteiger partial charge in [-0.05, 0) is 38.1 Å². The van der Waals surface area contributed by atoms with Gasteiger partial charge in [0.2, 0.25) is 0 Å². The highest BCUT2D eigenvalue weighted by Crippen LogP contribution is 2.21. The largest absolute Gasteiger partial charge is 0.384 e. The fourth-order valence-corrected chi connectivity index (χ4v) is 2.78. The molecule has 0 aromatic carbocycles. The van der Waals surface area contributed by atoms with E-state index in [0.29, 0.717) is 0 Å². The number of piperidine rings is 1. The molecule has 2 atom stereocenters. The molecule has 0 aromatic heterocycles. The Morgan fingerprint density at radius 2 is 2.20 bits per heavy atom. The number of nitrogens with zero attached hydrogens (tertiary/aromatic N) is 1. The molecule has 90 valence electrons. The Morgan fingerprint density at radius 1 is 1.40 bits per heavy atom. The SMILES string of the molecule is CCCC(CC)N1CCCC(COC)C1. The van der Waals surface area contributed by atoms with Crippen molar-refractivity contribution in [3.63, 3.8) is 0 Å². The predicted molar refractivity (Wildman–Crippen MR) is 65.2 cm³/mol. The van der Waals surface area contributed by atoms with Crippen LogP contribution < -0.4 is 0 Å². The summed E-state index contributed by atoms with van der Waals surface area (Å²) in [6, 6.07) is 0.814. The van der Waals surface area contributed by atoms with Gasteiger partial charge in [-0.25, -0.2) is 0 Å². The number of hydrogen-bond donors (Lipinski definition) is 0. The summed E-state index contributed by atoms with van der Waals surface area (Å²) < 4.78 is 5.28. The van der Waals surface area contributed by atoms with Crippen molar-refractivity contribution in [1.82, 2.24) is 4.90 Å². The van der Waals surface area contributed by atoms with Gasteiger partial charge in [0, 0.05) is 19.7 Å². The van der Waals surface area contributed by atoms with Crippen molar-refractivity contribution in [3.8, 4) is 0 Å². The molecular formula is C13H27NO. The van der Waals surface area contributed by atoms with E-state index in [2.05, 4.69) is 18.7 Å². The Balaban J connectivity index is 2.39. The van der Waals surface area contributed by atoms with Crippen LogP contribution in [0.3, 0.4) is 0 Å². The number of hydrogen-bond acceptors (Lipinski definition) is 2. The van der Waals surface area contributed by atoms with E-state index in [4.69, 9.17) is 4.74 Å². The van der Waals surface area contributed by atoms with E-state index in [-0.39, 0.29) is 0 Å². The Morgan fingerprint density at radius 3 is 2.80 bits per heavy atom. The second-order valence-electron chi connectivity index (χ2n) is 4.81. The molecule has 1 rings (SSSR count). The van der Waals surface area contributed by atoms with E-state index in [1.165, 1.54) is 45.2 Å². The normalized spacial score (nSPS) is 25.4. The van der Waals surface area contributed by atoms with Crippen molar-refractivity contribution in [2.45, 2.75) is 52.0 Å². The van der Waals surface area contributed by atoms with E-state index in [1.807, 2.05) is 7.11 Å². The van der Waals surface area contributed by atoms with Gasteiger partial charge in [0.25, 0.3) is 0 Å². The molecule has 1 fully saturated rings. The molecule has 0 saturated carbocycles. The average Bonchev–Trinajstić information content (AvgIpc) is 2.27. The van der Waals surface area contributed by atoms with Crippen LogP contribution in [0.5, 0.6) is 0 Å². The van der Waals surface area contributed by atoms with Crippen molar-refractivity contribution in [3.05, 3.63) is 0 Å². The maximum atomic E-state index is 5.28. The maximum absolute atomic E-state index is 5.28. The van der Waals surface area contributed by atoms with E-state index in [0.717, 1.165) is 18.6 Å². The average molecular weight is 213 g/mol. The fraction of sp³-hybridized carbons (Fsp3) is 1.00. The second-order valence-corrected chi connectivity index (χ2v) is 4.81. The van der Waals surface area contributed by atoms with Crippen LogP contribution in [0, 0.1) is 5.92 Å². The van der Waals surface area contributed by atoms with Crippen molar-refractivity contribution in [2.24, 2.45) is 5.92 Å². The molecular weight excluding hydrogens is 186 g/mol. The summed E-state index contributed by atoms with van der Waals surface area (Å²) >= 11 is 0. The highest BCUT2D eigenvalue weighted by molar-refractivity contribution is 4.78. The van der Waals surface area contributed by atoms with Gasteiger partial charge in [-0.15, -0.1) is 0 Å². The van der Waals surface area contributed by atoms with Gasteiger partial charge in [-0.1, -0.05) is 20.3 Å². The minimum absolute atomic E-state index is 0.773. The molecule has 0 aromatic rings. The van der Waals surface area contributed by atoms with Crippen LogP contribution in [0.25, 0.3) is 0 Å². The minimum atomic E-state index is 0.773. The smallest absolute Gasteiger partial charge is 0.0502 e. The molecule has 2 nitrogen and oxygen atoms in total. The quantitative estimate of drug-likeness (QED) is 0.672. The van der Waals surface area contributed by atoms with Crippen LogP contribution in [0.15, 0.2) is 0 Å². The summed E-state index contributed by atoms with van der Waals surface area (Å²) in [4.78, 5) is 2.69. The number of methoxy groups -OCH3 is 1. The molecule has 0 N–H and O–H groups in total. The van der Waals surface area contributed by atoms with Crippen molar-refractivity contribution < 1.29 is 4.74 Å². The third-order valence-corrected chi connectivity index (χ3v) is 3.56. The molecule has 0 aliphatic carbocycles. The minimum Gasteiger partial charge on any atom is -0.384 e. The van der Waals surface area contributed by atoms with E-state index in [1.54, 1.807) is 0 Å². The van der Waals surface area contributed by atoms with Gasteiger partial charge < -0.3 is 9.64 Å². The molecule has 0 amide bonds. The Kier molecular flexibility index (Phi) is 6.26. The van der Waals surface area contributed by atoms with Crippen LogP contribution in [0.4, 0.5) is 0 Å². The lowest BCUT2D eigenvalue weighted by atomic mass is 9.95. The van der Waals surface area contributed by atoms with E-state index in [9.17, 15) is 0 Å². The van der Waals surface area contributed by atoms with Crippen LogP contribution >= 0.6 is 0 Å². The van der Waals surface area contributed by atoms with Crippen LogP contribution in [-0.2, 0) is 4.74 Å². The summed E-state index contributed by atoms with van der Waals surface area (Å²) in [7, 11) is 1.82.